The standard InChI is InChI=1S/C20H23N3O2/c1-3-13-6-5-7-14(4-2)18(13)23-19(24)15-10-11-21-17(12-15)20(25)22-16-8-9-16/h5-7,10-12,16H,3-4,8-9H2,1-2H3,(H,22,25)(H,23,24). The molecule has 0 radical (unpaired) electrons. The summed E-state index contributed by atoms with van der Waals surface area (Å²) in [7, 11) is 0. The second-order valence-electron chi connectivity index (χ2n) is 6.29. The highest BCUT2D eigenvalue weighted by atomic mass is 16.2. The van der Waals surface area contributed by atoms with Crippen LogP contribution in [0.25, 0.3) is 0 Å². The number of para-hydroxylation sites is 1. The Labute approximate surface area is 147 Å². The maximum atomic E-state index is 12.7. The molecule has 2 aromatic rings. The number of aromatic nitrogens is 1. The highest BCUT2D eigenvalue weighted by Crippen LogP contribution is 2.23. The molecule has 1 fully saturated rings. The summed E-state index contributed by atoms with van der Waals surface area (Å²) in [4.78, 5) is 28.9. The topological polar surface area (TPSA) is 71.1 Å². The van der Waals surface area contributed by atoms with Gasteiger partial charge in [-0.05, 0) is 48.9 Å². The minimum Gasteiger partial charge on any atom is -0.348 e. The summed E-state index contributed by atoms with van der Waals surface area (Å²) in [6.07, 6.45) is 5.21. The third kappa shape index (κ3) is 4.05. The molecule has 0 bridgehead atoms. The summed E-state index contributed by atoms with van der Waals surface area (Å²) in [5.74, 6) is -0.446. The van der Waals surface area contributed by atoms with Crippen LogP contribution in [0.1, 0.15) is 58.7 Å². The number of hydrogen-bond acceptors (Lipinski definition) is 3. The lowest BCUT2D eigenvalue weighted by Crippen LogP contribution is -2.26. The van der Waals surface area contributed by atoms with Gasteiger partial charge in [0.25, 0.3) is 11.8 Å². The molecule has 5 nitrogen and oxygen atoms in total. The van der Waals surface area contributed by atoms with Crippen LogP contribution in [0.4, 0.5) is 5.69 Å². The van der Waals surface area contributed by atoms with Gasteiger partial charge in [0.15, 0.2) is 0 Å². The van der Waals surface area contributed by atoms with Crippen LogP contribution in [0.2, 0.25) is 0 Å². The third-order valence-electron chi connectivity index (χ3n) is 4.40. The van der Waals surface area contributed by atoms with E-state index >= 15 is 0 Å². The van der Waals surface area contributed by atoms with E-state index < -0.39 is 0 Å². The molecule has 0 unspecified atom stereocenters. The number of rotatable bonds is 6. The molecule has 0 saturated heterocycles. The summed E-state index contributed by atoms with van der Waals surface area (Å²) < 4.78 is 0. The first-order valence-corrected chi connectivity index (χ1v) is 8.81. The first kappa shape index (κ1) is 17.1. The van der Waals surface area contributed by atoms with Crippen molar-refractivity contribution < 1.29 is 9.59 Å². The molecule has 0 spiro atoms. The molecule has 0 atom stereocenters. The number of hydrogen-bond donors (Lipinski definition) is 2. The average molecular weight is 337 g/mol. The maximum absolute atomic E-state index is 12.7. The van der Waals surface area contributed by atoms with Crippen LogP contribution in [-0.2, 0) is 12.8 Å². The Balaban J connectivity index is 1.81. The fourth-order valence-corrected chi connectivity index (χ4v) is 2.77. The maximum Gasteiger partial charge on any atom is 0.270 e. The lowest BCUT2D eigenvalue weighted by Gasteiger charge is -2.14. The number of benzene rings is 1. The quantitative estimate of drug-likeness (QED) is 0.849. The van der Waals surface area contributed by atoms with Crippen molar-refractivity contribution in [3.8, 4) is 0 Å². The molecule has 25 heavy (non-hydrogen) atoms. The van der Waals surface area contributed by atoms with Crippen molar-refractivity contribution in [3.05, 3.63) is 58.9 Å². The van der Waals surface area contributed by atoms with E-state index in [2.05, 4.69) is 29.5 Å². The molecule has 2 amide bonds. The zero-order valence-electron chi connectivity index (χ0n) is 14.6. The number of pyridine rings is 1. The van der Waals surface area contributed by atoms with Gasteiger partial charge >= 0.3 is 0 Å². The van der Waals surface area contributed by atoms with Crippen LogP contribution < -0.4 is 10.6 Å². The molecule has 130 valence electrons. The molecule has 1 aliphatic rings. The molecule has 3 rings (SSSR count). The molecule has 2 N–H and O–H groups in total. The average Bonchev–Trinajstić information content (AvgIpc) is 3.45. The van der Waals surface area contributed by atoms with E-state index in [-0.39, 0.29) is 23.6 Å². The van der Waals surface area contributed by atoms with Gasteiger partial charge < -0.3 is 10.6 Å². The predicted octanol–water partition coefficient (Wildman–Crippen LogP) is 3.35. The van der Waals surface area contributed by atoms with Crippen LogP contribution in [0.3, 0.4) is 0 Å². The van der Waals surface area contributed by atoms with Gasteiger partial charge in [-0.3, -0.25) is 14.6 Å². The molecule has 1 heterocycles. The van der Waals surface area contributed by atoms with E-state index in [4.69, 9.17) is 0 Å². The fourth-order valence-electron chi connectivity index (χ4n) is 2.77. The van der Waals surface area contributed by atoms with Gasteiger partial charge in [0, 0.05) is 23.5 Å². The monoisotopic (exact) mass is 337 g/mol. The Hall–Kier alpha value is -2.69. The predicted molar refractivity (Wildman–Crippen MR) is 97.9 cm³/mol. The lowest BCUT2D eigenvalue weighted by molar-refractivity contribution is 0.0946. The van der Waals surface area contributed by atoms with Crippen molar-refractivity contribution in [2.75, 3.05) is 5.32 Å². The first-order valence-electron chi connectivity index (χ1n) is 8.81. The van der Waals surface area contributed by atoms with E-state index in [1.165, 1.54) is 6.20 Å². The number of carbonyl (C=O) groups excluding carboxylic acids is 2. The van der Waals surface area contributed by atoms with Gasteiger partial charge in [0.2, 0.25) is 0 Å². The lowest BCUT2D eigenvalue weighted by atomic mass is 10.0. The number of aryl methyl sites for hydroxylation is 2. The van der Waals surface area contributed by atoms with Crippen LogP contribution in [0.5, 0.6) is 0 Å². The largest absolute Gasteiger partial charge is 0.348 e. The summed E-state index contributed by atoms with van der Waals surface area (Å²) >= 11 is 0. The Morgan fingerprint density at radius 1 is 1.08 bits per heavy atom. The van der Waals surface area contributed by atoms with E-state index in [0.29, 0.717) is 5.56 Å². The van der Waals surface area contributed by atoms with Crippen LogP contribution in [0, 0.1) is 0 Å². The Morgan fingerprint density at radius 3 is 2.36 bits per heavy atom. The summed E-state index contributed by atoms with van der Waals surface area (Å²) in [6.45, 7) is 4.13. The third-order valence-corrected chi connectivity index (χ3v) is 4.40. The zero-order chi connectivity index (χ0) is 17.8. The van der Waals surface area contributed by atoms with Crippen LogP contribution in [0.15, 0.2) is 36.5 Å². The Kier molecular flexibility index (Phi) is 5.12. The van der Waals surface area contributed by atoms with Crippen molar-refractivity contribution in [3.63, 3.8) is 0 Å². The summed E-state index contributed by atoms with van der Waals surface area (Å²) in [6, 6.07) is 9.50. The van der Waals surface area contributed by atoms with E-state index in [1.54, 1.807) is 12.1 Å². The minimum atomic E-state index is -0.224. The molecule has 1 aromatic heterocycles. The van der Waals surface area contributed by atoms with Gasteiger partial charge in [-0.2, -0.15) is 0 Å². The molecule has 5 heteroatoms. The van der Waals surface area contributed by atoms with Crippen molar-refractivity contribution in [2.45, 2.75) is 45.6 Å². The summed E-state index contributed by atoms with van der Waals surface area (Å²) in [5, 5.41) is 5.91. The van der Waals surface area contributed by atoms with Crippen molar-refractivity contribution in [1.82, 2.24) is 10.3 Å². The molecule has 1 aromatic carbocycles. The van der Waals surface area contributed by atoms with Crippen LogP contribution >= 0.6 is 0 Å². The highest BCUT2D eigenvalue weighted by Gasteiger charge is 2.24. The van der Waals surface area contributed by atoms with Crippen molar-refractivity contribution in [2.24, 2.45) is 0 Å². The second-order valence-corrected chi connectivity index (χ2v) is 6.29. The smallest absolute Gasteiger partial charge is 0.270 e. The number of carbonyl (C=O) groups is 2. The molecular weight excluding hydrogens is 314 g/mol. The zero-order valence-corrected chi connectivity index (χ0v) is 14.6. The summed E-state index contributed by atoms with van der Waals surface area (Å²) in [5.41, 5.74) is 3.79. The van der Waals surface area contributed by atoms with Crippen molar-refractivity contribution in [1.29, 1.82) is 0 Å². The van der Waals surface area contributed by atoms with Crippen molar-refractivity contribution >= 4 is 17.5 Å². The van der Waals surface area contributed by atoms with E-state index in [9.17, 15) is 9.59 Å². The fraction of sp³-hybridized carbons (Fsp3) is 0.350. The minimum absolute atomic E-state index is 0.222. The molecule has 0 aliphatic heterocycles. The van der Waals surface area contributed by atoms with Gasteiger partial charge in [-0.1, -0.05) is 32.0 Å². The number of amides is 2. The van der Waals surface area contributed by atoms with E-state index in [0.717, 1.165) is 42.5 Å². The van der Waals surface area contributed by atoms with Gasteiger partial charge in [-0.15, -0.1) is 0 Å². The van der Waals surface area contributed by atoms with Gasteiger partial charge in [-0.25, -0.2) is 0 Å². The van der Waals surface area contributed by atoms with E-state index in [1.807, 2.05) is 18.2 Å². The molecular formula is C20H23N3O2. The number of nitrogens with one attached hydrogen (secondary N) is 2. The number of nitrogens with zero attached hydrogens (tertiary/aromatic N) is 1. The Morgan fingerprint density at radius 2 is 1.76 bits per heavy atom. The van der Waals surface area contributed by atoms with Gasteiger partial charge in [0.05, 0.1) is 0 Å². The second kappa shape index (κ2) is 7.47. The SMILES string of the molecule is CCc1cccc(CC)c1NC(=O)c1ccnc(C(=O)NC2CC2)c1. The Bertz CT molecular complexity index is 775. The normalized spacial score (nSPS) is 13.4. The number of anilines is 1. The van der Waals surface area contributed by atoms with Crippen LogP contribution in [-0.4, -0.2) is 22.8 Å². The molecule has 1 aliphatic carbocycles. The molecule has 1 saturated carbocycles. The highest BCUT2D eigenvalue weighted by molar-refractivity contribution is 6.06. The first-order chi connectivity index (χ1) is 12.1. The van der Waals surface area contributed by atoms with Gasteiger partial charge in [0.1, 0.15) is 5.69 Å².